The number of ether oxygens (including phenoxy) is 1. The molecule has 0 atom stereocenters. The predicted molar refractivity (Wildman–Crippen MR) is 125 cm³/mol. The first-order chi connectivity index (χ1) is 14.8. The molecular weight excluding hydrogens is 410 g/mol. The Morgan fingerprint density at radius 1 is 1.03 bits per heavy atom. The standard InChI is InChI=1S/C26H28ClNO3/c1-16(2)12-23-21(18-8-7-9-19(27)13-18)14-22(26(29)30)24(28-23)15-31-25-11-6-5-10-20(25)17(3)4/h5-11,13-14,16-17H,12,15H2,1-4H3,(H,29,30). The van der Waals surface area contributed by atoms with Crippen LogP contribution < -0.4 is 4.74 Å². The minimum absolute atomic E-state index is 0.0896. The topological polar surface area (TPSA) is 59.4 Å². The van der Waals surface area contributed by atoms with Gasteiger partial charge in [0, 0.05) is 16.3 Å². The number of hydrogen-bond donors (Lipinski definition) is 1. The lowest BCUT2D eigenvalue weighted by atomic mass is 9.95. The Morgan fingerprint density at radius 3 is 2.42 bits per heavy atom. The van der Waals surface area contributed by atoms with Crippen molar-refractivity contribution >= 4 is 17.6 Å². The third-order valence-corrected chi connectivity index (χ3v) is 5.29. The van der Waals surface area contributed by atoms with E-state index in [0.717, 1.165) is 34.6 Å². The second kappa shape index (κ2) is 9.97. The van der Waals surface area contributed by atoms with Crippen LogP contribution in [-0.2, 0) is 13.0 Å². The van der Waals surface area contributed by atoms with Crippen molar-refractivity contribution in [2.24, 2.45) is 5.92 Å². The Labute approximate surface area is 188 Å². The van der Waals surface area contributed by atoms with Crippen LogP contribution in [0, 0.1) is 5.92 Å². The first-order valence-electron chi connectivity index (χ1n) is 10.5. The van der Waals surface area contributed by atoms with Crippen LogP contribution in [0.5, 0.6) is 5.75 Å². The Morgan fingerprint density at radius 2 is 1.77 bits per heavy atom. The molecule has 2 aromatic carbocycles. The van der Waals surface area contributed by atoms with Gasteiger partial charge in [0.1, 0.15) is 12.4 Å². The van der Waals surface area contributed by atoms with Crippen LogP contribution in [0.1, 0.15) is 60.9 Å². The number of carbonyl (C=O) groups is 1. The Kier molecular flexibility index (Phi) is 7.34. The maximum atomic E-state index is 12.1. The molecule has 0 aliphatic carbocycles. The van der Waals surface area contributed by atoms with Gasteiger partial charge in [0.05, 0.1) is 11.3 Å². The smallest absolute Gasteiger partial charge is 0.337 e. The average Bonchev–Trinajstić information content (AvgIpc) is 2.71. The van der Waals surface area contributed by atoms with E-state index in [4.69, 9.17) is 21.3 Å². The number of aromatic carboxylic acids is 1. The van der Waals surface area contributed by atoms with Crippen molar-refractivity contribution in [2.75, 3.05) is 0 Å². The summed E-state index contributed by atoms with van der Waals surface area (Å²) in [7, 11) is 0. The van der Waals surface area contributed by atoms with Gasteiger partial charge in [-0.3, -0.25) is 4.98 Å². The van der Waals surface area contributed by atoms with E-state index in [2.05, 4.69) is 27.7 Å². The highest BCUT2D eigenvalue weighted by atomic mass is 35.5. The van der Waals surface area contributed by atoms with Gasteiger partial charge in [0.25, 0.3) is 0 Å². The number of para-hydroxylation sites is 1. The summed E-state index contributed by atoms with van der Waals surface area (Å²) < 4.78 is 6.05. The molecule has 0 bridgehead atoms. The van der Waals surface area contributed by atoms with Crippen molar-refractivity contribution in [2.45, 2.75) is 46.6 Å². The van der Waals surface area contributed by atoms with Crippen LogP contribution in [0.25, 0.3) is 11.1 Å². The number of hydrogen-bond acceptors (Lipinski definition) is 3. The molecule has 0 spiro atoms. The summed E-state index contributed by atoms with van der Waals surface area (Å²) in [6.45, 7) is 8.52. The second-order valence-electron chi connectivity index (χ2n) is 8.37. The highest BCUT2D eigenvalue weighted by Crippen LogP contribution is 2.31. The second-order valence-corrected chi connectivity index (χ2v) is 8.81. The molecule has 0 radical (unpaired) electrons. The van der Waals surface area contributed by atoms with E-state index >= 15 is 0 Å². The molecule has 0 fully saturated rings. The number of nitrogens with zero attached hydrogens (tertiary/aromatic N) is 1. The number of pyridine rings is 1. The van der Waals surface area contributed by atoms with Crippen LogP contribution in [0.15, 0.2) is 54.6 Å². The summed E-state index contributed by atoms with van der Waals surface area (Å²) in [5, 5.41) is 10.5. The Bertz CT molecular complexity index is 1080. The van der Waals surface area contributed by atoms with E-state index in [1.165, 1.54) is 0 Å². The summed E-state index contributed by atoms with van der Waals surface area (Å²) in [6.07, 6.45) is 0.720. The van der Waals surface area contributed by atoms with Crippen molar-refractivity contribution in [1.82, 2.24) is 4.98 Å². The molecule has 0 aliphatic rings. The van der Waals surface area contributed by atoms with E-state index in [-0.39, 0.29) is 12.2 Å². The van der Waals surface area contributed by atoms with Gasteiger partial charge in [0.2, 0.25) is 0 Å². The normalized spacial score (nSPS) is 11.2. The molecule has 1 heterocycles. The maximum Gasteiger partial charge on any atom is 0.337 e. The molecule has 0 unspecified atom stereocenters. The molecule has 5 heteroatoms. The summed E-state index contributed by atoms with van der Waals surface area (Å²) in [4.78, 5) is 16.9. The zero-order valence-corrected chi connectivity index (χ0v) is 19.1. The summed E-state index contributed by atoms with van der Waals surface area (Å²) in [5.74, 6) is 0.379. The molecule has 162 valence electrons. The van der Waals surface area contributed by atoms with E-state index < -0.39 is 5.97 Å². The molecule has 4 nitrogen and oxygen atoms in total. The van der Waals surface area contributed by atoms with Gasteiger partial charge < -0.3 is 9.84 Å². The summed E-state index contributed by atoms with van der Waals surface area (Å²) in [6, 6.07) is 16.9. The zero-order chi connectivity index (χ0) is 22.5. The van der Waals surface area contributed by atoms with Crippen molar-refractivity contribution < 1.29 is 14.6 Å². The van der Waals surface area contributed by atoms with Crippen LogP contribution >= 0.6 is 11.6 Å². The summed E-state index contributed by atoms with van der Waals surface area (Å²) >= 11 is 6.19. The molecule has 0 amide bonds. The Hall–Kier alpha value is -2.85. The van der Waals surface area contributed by atoms with Gasteiger partial charge in [-0.25, -0.2) is 4.79 Å². The van der Waals surface area contributed by atoms with E-state index in [0.29, 0.717) is 22.6 Å². The van der Waals surface area contributed by atoms with Gasteiger partial charge in [-0.1, -0.05) is 69.6 Å². The van der Waals surface area contributed by atoms with E-state index in [1.54, 1.807) is 12.1 Å². The van der Waals surface area contributed by atoms with Gasteiger partial charge >= 0.3 is 5.97 Å². The van der Waals surface area contributed by atoms with Crippen molar-refractivity contribution in [1.29, 1.82) is 0 Å². The first-order valence-corrected chi connectivity index (χ1v) is 10.9. The molecule has 3 aromatic rings. The molecule has 0 aliphatic heterocycles. The fourth-order valence-electron chi connectivity index (χ4n) is 3.57. The molecule has 0 saturated carbocycles. The van der Waals surface area contributed by atoms with Gasteiger partial charge in [0.15, 0.2) is 0 Å². The lowest BCUT2D eigenvalue weighted by Gasteiger charge is -2.17. The molecule has 31 heavy (non-hydrogen) atoms. The highest BCUT2D eigenvalue weighted by molar-refractivity contribution is 6.30. The van der Waals surface area contributed by atoms with Crippen molar-refractivity contribution in [3.63, 3.8) is 0 Å². The van der Waals surface area contributed by atoms with Crippen LogP contribution in [0.2, 0.25) is 5.02 Å². The largest absolute Gasteiger partial charge is 0.487 e. The number of benzene rings is 2. The number of rotatable bonds is 8. The number of carboxylic acids is 1. The molecule has 3 rings (SSSR count). The quantitative estimate of drug-likeness (QED) is 0.412. The van der Waals surface area contributed by atoms with E-state index in [1.807, 2.05) is 42.5 Å². The van der Waals surface area contributed by atoms with Gasteiger partial charge in [-0.2, -0.15) is 0 Å². The predicted octanol–water partition coefficient (Wildman–Crippen LogP) is 7.00. The lowest BCUT2D eigenvalue weighted by molar-refractivity contribution is 0.0693. The third kappa shape index (κ3) is 5.65. The number of halogens is 1. The van der Waals surface area contributed by atoms with Crippen LogP contribution in [-0.4, -0.2) is 16.1 Å². The molecule has 1 N–H and O–H groups in total. The average molecular weight is 438 g/mol. The zero-order valence-electron chi connectivity index (χ0n) is 18.4. The Balaban J connectivity index is 2.05. The molecular formula is C26H28ClNO3. The van der Waals surface area contributed by atoms with Crippen molar-refractivity contribution in [3.05, 3.63) is 82.1 Å². The third-order valence-electron chi connectivity index (χ3n) is 5.05. The fourth-order valence-corrected chi connectivity index (χ4v) is 3.76. The fraction of sp³-hybridized carbons (Fsp3) is 0.308. The number of aromatic nitrogens is 1. The molecule has 0 saturated heterocycles. The minimum atomic E-state index is -1.03. The maximum absolute atomic E-state index is 12.1. The minimum Gasteiger partial charge on any atom is -0.487 e. The van der Waals surface area contributed by atoms with Crippen LogP contribution in [0.3, 0.4) is 0 Å². The van der Waals surface area contributed by atoms with Crippen molar-refractivity contribution in [3.8, 4) is 16.9 Å². The first kappa shape index (κ1) is 22.8. The van der Waals surface area contributed by atoms with Crippen LogP contribution in [0.4, 0.5) is 0 Å². The SMILES string of the molecule is CC(C)Cc1nc(COc2ccccc2C(C)C)c(C(=O)O)cc1-c1cccc(Cl)c1. The van der Waals surface area contributed by atoms with Gasteiger partial charge in [-0.15, -0.1) is 0 Å². The monoisotopic (exact) mass is 437 g/mol. The van der Waals surface area contributed by atoms with E-state index in [9.17, 15) is 9.90 Å². The number of carboxylic acid groups (broad SMARTS) is 1. The highest BCUT2D eigenvalue weighted by Gasteiger charge is 2.20. The molecule has 1 aromatic heterocycles. The summed E-state index contributed by atoms with van der Waals surface area (Å²) in [5.41, 5.74) is 4.14. The van der Waals surface area contributed by atoms with Gasteiger partial charge in [-0.05, 0) is 53.6 Å². The lowest BCUT2D eigenvalue weighted by Crippen LogP contribution is -2.13.